The summed E-state index contributed by atoms with van der Waals surface area (Å²) < 4.78 is 30.1. The third-order valence-electron chi connectivity index (χ3n) is 11.8. The van der Waals surface area contributed by atoms with E-state index in [2.05, 4.69) is 41.1 Å². The van der Waals surface area contributed by atoms with Crippen molar-refractivity contribution in [2.45, 2.75) is 107 Å². The van der Waals surface area contributed by atoms with Crippen LogP contribution in [0.4, 0.5) is 14.4 Å². The van der Waals surface area contributed by atoms with Crippen molar-refractivity contribution in [1.82, 2.24) is 36.3 Å². The second-order valence-corrected chi connectivity index (χ2v) is 16.9. The van der Waals surface area contributed by atoms with Crippen LogP contribution in [0.5, 0.6) is 0 Å². The van der Waals surface area contributed by atoms with Crippen molar-refractivity contribution in [3.8, 4) is 0 Å². The second kappa shape index (κ2) is 26.2. The van der Waals surface area contributed by atoms with Crippen molar-refractivity contribution in [3.63, 3.8) is 0 Å². The third kappa shape index (κ3) is 16.3. The molecule has 0 atom stereocenters. The van der Waals surface area contributed by atoms with Gasteiger partial charge >= 0.3 is 24.2 Å². The zero-order chi connectivity index (χ0) is 48.1. The highest BCUT2D eigenvalue weighted by molar-refractivity contribution is 5.84. The van der Waals surface area contributed by atoms with Crippen LogP contribution in [0.3, 0.4) is 0 Å². The topological polar surface area (TPSA) is 288 Å². The predicted molar refractivity (Wildman–Crippen MR) is 243 cm³/mol. The monoisotopic (exact) mass is 937 g/mol. The number of methoxy groups -OCH3 is 1. The summed E-state index contributed by atoms with van der Waals surface area (Å²) in [4.78, 5) is 57.1. The molecule has 9 rings (SSSR count). The average molecular weight is 938 g/mol. The fourth-order valence-electron chi connectivity index (χ4n) is 7.57. The molecule has 4 aliphatic rings. The number of hydrogen-bond donors (Lipinski definition) is 5. The number of ether oxygens (including phenoxy) is 4. The minimum absolute atomic E-state index is 0.00410. The molecule has 4 fully saturated rings. The molecule has 3 amide bonds. The Morgan fingerprint density at radius 3 is 1.26 bits per heavy atom. The van der Waals surface area contributed by atoms with Gasteiger partial charge in [-0.15, -0.1) is 20.4 Å². The van der Waals surface area contributed by atoms with E-state index in [0.29, 0.717) is 43.5 Å². The zero-order valence-electron chi connectivity index (χ0n) is 37.9. The maximum absolute atomic E-state index is 11.6. The molecule has 4 saturated carbocycles. The third-order valence-corrected chi connectivity index (χ3v) is 11.8. The van der Waals surface area contributed by atoms with Gasteiger partial charge in [-0.3, -0.25) is 9.59 Å². The number of nitrogens with two attached hydrogens (primary N) is 2. The molecule has 68 heavy (non-hydrogen) atoms. The molecule has 20 heteroatoms. The molecule has 0 bridgehead atoms. The summed E-state index contributed by atoms with van der Waals surface area (Å²) in [6, 6.07) is 29.1. The molecule has 4 aliphatic carbocycles. The molecule has 2 aromatic heterocycles. The number of aromatic nitrogens is 4. The standard InChI is InChI=1S/C14H15N3O3.C14H18N2O3.C14H17NO4.C6H9N3O/c18-14(19-8-10-4-2-1-3-5-10)16-12-6-11(7-12)13-17-15-9-20-13;15-8-13(17)11-6-12(7-11)16-14(18)19-9-10-4-2-1-3-5-10;1-18-13(16)11-7-12(8-11)15-14(17)19-9-10-5-3-2-4-6-10;7-5-1-4(2-5)6-9-8-3-10-6/h1-5,9,11-12H,6-8H2,(H,16,18);1-5,11-12H,6-9,15H2,(H,16,18);2-6,11-12H,7-9H2,1H3,(H,15,17);3-5H,1-2,7H2. The van der Waals surface area contributed by atoms with E-state index in [-0.39, 0.29) is 80.1 Å². The van der Waals surface area contributed by atoms with E-state index in [9.17, 15) is 24.0 Å². The number of amides is 3. The van der Waals surface area contributed by atoms with Gasteiger partial charge < -0.3 is 55.2 Å². The Labute approximate surface area is 393 Å². The van der Waals surface area contributed by atoms with Gasteiger partial charge in [0.2, 0.25) is 24.6 Å². The van der Waals surface area contributed by atoms with Gasteiger partial charge in [0.25, 0.3) is 0 Å². The van der Waals surface area contributed by atoms with Crippen molar-refractivity contribution >= 4 is 30.0 Å². The number of hydrogen-bond acceptors (Lipinski definition) is 17. The van der Waals surface area contributed by atoms with Gasteiger partial charge in [-0.2, -0.15) is 0 Å². The number of nitrogens with zero attached hydrogens (tertiary/aromatic N) is 4. The van der Waals surface area contributed by atoms with E-state index in [0.717, 1.165) is 48.3 Å². The minimum Gasteiger partial charge on any atom is -0.469 e. The van der Waals surface area contributed by atoms with Gasteiger partial charge in [-0.05, 0) is 68.1 Å². The van der Waals surface area contributed by atoms with Crippen LogP contribution >= 0.6 is 0 Å². The lowest BCUT2D eigenvalue weighted by atomic mass is 9.77. The lowest BCUT2D eigenvalue weighted by molar-refractivity contribution is -0.149. The number of ketones is 1. The molecule has 3 aromatic carbocycles. The number of carbonyl (C=O) groups is 5. The molecule has 0 saturated heterocycles. The highest BCUT2D eigenvalue weighted by Gasteiger charge is 2.37. The number of esters is 1. The maximum atomic E-state index is 11.6. The summed E-state index contributed by atoms with van der Waals surface area (Å²) in [5.41, 5.74) is 13.7. The van der Waals surface area contributed by atoms with Crippen molar-refractivity contribution in [1.29, 1.82) is 0 Å². The van der Waals surface area contributed by atoms with Crippen LogP contribution in [0.15, 0.2) is 113 Å². The Hall–Kier alpha value is -7.19. The van der Waals surface area contributed by atoms with Crippen LogP contribution in [-0.4, -0.2) is 88.2 Å². The maximum Gasteiger partial charge on any atom is 0.407 e. The largest absolute Gasteiger partial charge is 0.469 e. The molecule has 2 heterocycles. The van der Waals surface area contributed by atoms with Crippen LogP contribution in [0.2, 0.25) is 0 Å². The Morgan fingerprint density at radius 2 is 0.926 bits per heavy atom. The van der Waals surface area contributed by atoms with Crippen LogP contribution in [0.25, 0.3) is 0 Å². The summed E-state index contributed by atoms with van der Waals surface area (Å²) >= 11 is 0. The van der Waals surface area contributed by atoms with Crippen molar-refractivity contribution in [3.05, 3.63) is 132 Å². The van der Waals surface area contributed by atoms with E-state index < -0.39 is 12.2 Å². The Balaban J connectivity index is 0.000000153. The number of benzene rings is 3. The molecule has 0 radical (unpaired) electrons. The molecule has 0 aliphatic heterocycles. The first-order valence-corrected chi connectivity index (χ1v) is 22.5. The summed E-state index contributed by atoms with van der Waals surface area (Å²) in [5, 5.41) is 23.2. The summed E-state index contributed by atoms with van der Waals surface area (Å²) in [7, 11) is 1.37. The first kappa shape index (κ1) is 50.2. The van der Waals surface area contributed by atoms with E-state index in [1.807, 2.05) is 91.0 Å². The lowest BCUT2D eigenvalue weighted by Gasteiger charge is -2.34. The lowest BCUT2D eigenvalue weighted by Crippen LogP contribution is -2.47. The van der Waals surface area contributed by atoms with Crippen molar-refractivity contribution in [2.24, 2.45) is 23.3 Å². The fraction of sp³-hybridized carbons (Fsp3) is 0.438. The SMILES string of the molecule is COC(=O)C1CC(NC(=O)OCc2ccccc2)C1.NC1CC(c2nnco2)C1.NCC(=O)C1CC(NC(=O)OCc2ccccc2)C1.O=C(NC1CC(c2nnco2)C1)OCc1ccccc1. The molecule has 5 aromatic rings. The summed E-state index contributed by atoms with van der Waals surface area (Å²) in [6.07, 6.45) is 7.57. The number of nitrogens with one attached hydrogen (secondary N) is 3. The smallest absolute Gasteiger partial charge is 0.407 e. The summed E-state index contributed by atoms with van der Waals surface area (Å²) in [6.45, 7) is 0.868. The Morgan fingerprint density at radius 1 is 0.559 bits per heavy atom. The molecule has 0 unspecified atom stereocenters. The minimum atomic E-state index is -0.447. The molecular formula is C48H59N9O11. The van der Waals surface area contributed by atoms with E-state index >= 15 is 0 Å². The Kier molecular flexibility index (Phi) is 19.4. The zero-order valence-corrected chi connectivity index (χ0v) is 37.9. The van der Waals surface area contributed by atoms with Crippen LogP contribution in [0, 0.1) is 11.8 Å². The van der Waals surface area contributed by atoms with Gasteiger partial charge in [0.15, 0.2) is 0 Å². The van der Waals surface area contributed by atoms with Crippen LogP contribution in [0.1, 0.15) is 91.7 Å². The normalized spacial score (nSPS) is 22.7. The van der Waals surface area contributed by atoms with Crippen LogP contribution in [-0.2, 0) is 48.4 Å². The van der Waals surface area contributed by atoms with Gasteiger partial charge in [-0.1, -0.05) is 91.0 Å². The number of Topliss-reactive ketones (excluding diaryl/α,β-unsaturated/α-hetero) is 1. The molecule has 0 spiro atoms. The highest BCUT2D eigenvalue weighted by atomic mass is 16.6. The van der Waals surface area contributed by atoms with Gasteiger partial charge in [0.05, 0.1) is 19.6 Å². The predicted octanol–water partition coefficient (Wildman–Crippen LogP) is 5.60. The van der Waals surface area contributed by atoms with E-state index in [1.54, 1.807) is 0 Å². The number of rotatable bonds is 14. The molecule has 7 N–H and O–H groups in total. The average Bonchev–Trinajstić information content (AvgIpc) is 4.06. The molecular weight excluding hydrogens is 879 g/mol. The molecule has 362 valence electrons. The van der Waals surface area contributed by atoms with Crippen LogP contribution < -0.4 is 27.4 Å². The fourth-order valence-corrected chi connectivity index (χ4v) is 7.57. The van der Waals surface area contributed by atoms with Gasteiger partial charge in [-0.25, -0.2) is 14.4 Å². The Bertz CT molecular complexity index is 2180. The summed E-state index contributed by atoms with van der Waals surface area (Å²) in [5.74, 6) is 1.82. The highest BCUT2D eigenvalue weighted by Crippen LogP contribution is 2.36. The van der Waals surface area contributed by atoms with Crippen molar-refractivity contribution < 1.29 is 51.8 Å². The quantitative estimate of drug-likeness (QED) is 0.0669. The first-order valence-electron chi connectivity index (χ1n) is 22.5. The van der Waals surface area contributed by atoms with Gasteiger partial charge in [0.1, 0.15) is 25.6 Å². The second-order valence-electron chi connectivity index (χ2n) is 16.9. The van der Waals surface area contributed by atoms with Gasteiger partial charge in [0, 0.05) is 41.9 Å². The number of alkyl carbamates (subject to hydrolysis) is 3. The number of carbonyl (C=O) groups excluding carboxylic acids is 5. The molecule has 20 nitrogen and oxygen atoms in total. The first-order chi connectivity index (χ1) is 33.0. The van der Waals surface area contributed by atoms with E-state index in [4.69, 9.17) is 34.5 Å². The van der Waals surface area contributed by atoms with E-state index in [1.165, 1.54) is 19.9 Å². The van der Waals surface area contributed by atoms with Crippen molar-refractivity contribution in [2.75, 3.05) is 13.7 Å².